The van der Waals surface area contributed by atoms with Gasteiger partial charge in [-0.25, -0.2) is 12.8 Å². The molecule has 0 N–H and O–H groups in total. The third kappa shape index (κ3) is 4.03. The first-order valence-corrected chi connectivity index (χ1v) is 10.4. The number of carbonyl (C=O) groups excluding carboxylic acids is 1. The highest BCUT2D eigenvalue weighted by molar-refractivity contribution is 7.89. The van der Waals surface area contributed by atoms with E-state index in [1.165, 1.54) is 16.4 Å². The first kappa shape index (κ1) is 18.3. The molecule has 1 unspecified atom stereocenters. The van der Waals surface area contributed by atoms with Crippen LogP contribution in [0, 0.1) is 17.7 Å². The second-order valence-electron chi connectivity index (χ2n) is 7.16. The number of rotatable bonds is 3. The van der Waals surface area contributed by atoms with Crippen molar-refractivity contribution in [3.8, 4) is 0 Å². The van der Waals surface area contributed by atoms with E-state index >= 15 is 0 Å². The van der Waals surface area contributed by atoms with Crippen LogP contribution < -0.4 is 0 Å². The summed E-state index contributed by atoms with van der Waals surface area (Å²) in [5.74, 6) is -0.0287. The van der Waals surface area contributed by atoms with Crippen molar-refractivity contribution in [3.63, 3.8) is 0 Å². The van der Waals surface area contributed by atoms with E-state index in [2.05, 4.69) is 6.92 Å². The summed E-state index contributed by atoms with van der Waals surface area (Å²) in [7, 11) is -3.69. The summed E-state index contributed by atoms with van der Waals surface area (Å²) in [6.45, 7) is 4.34. The van der Waals surface area contributed by atoms with Gasteiger partial charge in [-0.15, -0.1) is 0 Å². The zero-order valence-corrected chi connectivity index (χ0v) is 15.3. The monoisotopic (exact) mass is 368 g/mol. The lowest BCUT2D eigenvalue weighted by molar-refractivity contribution is -0.138. The Morgan fingerprint density at radius 3 is 2.36 bits per heavy atom. The molecule has 0 bridgehead atoms. The normalized spacial score (nSPS) is 23.6. The van der Waals surface area contributed by atoms with Crippen LogP contribution in [0.25, 0.3) is 0 Å². The van der Waals surface area contributed by atoms with E-state index in [0.29, 0.717) is 18.9 Å². The van der Waals surface area contributed by atoms with E-state index in [0.717, 1.165) is 44.5 Å². The molecule has 0 saturated carbocycles. The Bertz CT molecular complexity index is 712. The lowest BCUT2D eigenvalue weighted by Gasteiger charge is -2.36. The molecule has 2 fully saturated rings. The molecule has 1 aromatic rings. The van der Waals surface area contributed by atoms with E-state index in [-0.39, 0.29) is 23.3 Å². The molecular weight excluding hydrogens is 343 g/mol. The van der Waals surface area contributed by atoms with Crippen molar-refractivity contribution in [2.75, 3.05) is 26.2 Å². The van der Waals surface area contributed by atoms with Crippen molar-refractivity contribution >= 4 is 15.9 Å². The highest BCUT2D eigenvalue weighted by Crippen LogP contribution is 2.26. The van der Waals surface area contributed by atoms with Crippen LogP contribution in [0.5, 0.6) is 0 Å². The molecule has 2 aliphatic heterocycles. The first-order chi connectivity index (χ1) is 11.9. The van der Waals surface area contributed by atoms with Gasteiger partial charge in [0.1, 0.15) is 5.82 Å². The lowest BCUT2D eigenvalue weighted by Crippen LogP contribution is -2.48. The maximum Gasteiger partial charge on any atom is 0.243 e. The lowest BCUT2D eigenvalue weighted by atomic mass is 9.94. The second-order valence-corrected chi connectivity index (χ2v) is 9.10. The number of likely N-dealkylation sites (tertiary alicyclic amines) is 1. The highest BCUT2D eigenvalue weighted by Gasteiger charge is 2.35. The molecule has 0 aromatic heterocycles. The van der Waals surface area contributed by atoms with Crippen molar-refractivity contribution in [1.82, 2.24) is 9.21 Å². The zero-order valence-electron chi connectivity index (χ0n) is 14.5. The molecule has 3 rings (SSSR count). The summed E-state index contributed by atoms with van der Waals surface area (Å²) in [6, 6.07) is 4.85. The summed E-state index contributed by atoms with van der Waals surface area (Å²) in [5.41, 5.74) is 0. The summed E-state index contributed by atoms with van der Waals surface area (Å²) in [5, 5.41) is 0. The van der Waals surface area contributed by atoms with E-state index < -0.39 is 15.8 Å². The molecule has 0 radical (unpaired) electrons. The summed E-state index contributed by atoms with van der Waals surface area (Å²) >= 11 is 0. The number of amides is 1. The van der Waals surface area contributed by atoms with Crippen LogP contribution in [0.15, 0.2) is 29.2 Å². The number of benzene rings is 1. The van der Waals surface area contributed by atoms with Gasteiger partial charge in [-0.1, -0.05) is 6.92 Å². The van der Waals surface area contributed by atoms with Crippen molar-refractivity contribution in [1.29, 1.82) is 0 Å². The molecular formula is C18H25FN2O3S. The summed E-state index contributed by atoms with van der Waals surface area (Å²) in [4.78, 5) is 14.7. The zero-order chi connectivity index (χ0) is 18.0. The number of piperidine rings is 2. The number of halogens is 1. The van der Waals surface area contributed by atoms with Gasteiger partial charge in [-0.3, -0.25) is 4.79 Å². The molecule has 0 aliphatic carbocycles. The number of sulfonamides is 1. The third-order valence-corrected chi connectivity index (χ3v) is 7.16. The van der Waals surface area contributed by atoms with Crippen molar-refractivity contribution in [2.45, 2.75) is 37.5 Å². The molecule has 0 spiro atoms. The predicted molar refractivity (Wildman–Crippen MR) is 92.9 cm³/mol. The number of carbonyl (C=O) groups is 1. The molecule has 5 nitrogen and oxygen atoms in total. The molecule has 2 heterocycles. The highest BCUT2D eigenvalue weighted by atomic mass is 32.2. The van der Waals surface area contributed by atoms with E-state index in [1.807, 2.05) is 4.90 Å². The largest absolute Gasteiger partial charge is 0.342 e. The Morgan fingerprint density at radius 2 is 1.72 bits per heavy atom. The van der Waals surface area contributed by atoms with Crippen molar-refractivity contribution in [3.05, 3.63) is 30.1 Å². The maximum atomic E-state index is 13.1. The fraction of sp³-hybridized carbons (Fsp3) is 0.611. The van der Waals surface area contributed by atoms with E-state index in [4.69, 9.17) is 0 Å². The Hall–Kier alpha value is -1.47. The van der Waals surface area contributed by atoms with Gasteiger partial charge in [-0.05, 0) is 55.9 Å². The van der Waals surface area contributed by atoms with Crippen molar-refractivity contribution < 1.29 is 17.6 Å². The molecule has 138 valence electrons. The predicted octanol–water partition coefficient (Wildman–Crippen LogP) is 2.48. The minimum atomic E-state index is -3.69. The Kier molecular flexibility index (Phi) is 5.43. The maximum absolute atomic E-state index is 13.1. The molecule has 25 heavy (non-hydrogen) atoms. The van der Waals surface area contributed by atoms with Gasteiger partial charge in [0.2, 0.25) is 15.9 Å². The van der Waals surface area contributed by atoms with Crippen LogP contribution in [-0.4, -0.2) is 49.7 Å². The van der Waals surface area contributed by atoms with Crippen LogP contribution in [0.1, 0.15) is 32.6 Å². The number of hydrogen-bond donors (Lipinski definition) is 0. The fourth-order valence-corrected chi connectivity index (χ4v) is 5.13. The van der Waals surface area contributed by atoms with Crippen LogP contribution in [0.3, 0.4) is 0 Å². The van der Waals surface area contributed by atoms with Gasteiger partial charge < -0.3 is 4.90 Å². The minimum absolute atomic E-state index is 0.0749. The molecule has 7 heteroatoms. The second kappa shape index (κ2) is 7.41. The number of hydrogen-bond acceptors (Lipinski definition) is 3. The van der Waals surface area contributed by atoms with Crippen LogP contribution in [0.4, 0.5) is 4.39 Å². The SMILES string of the molecule is CC1CCN(C(=O)C2CCCN(S(=O)(=O)c3ccc(F)cc3)C2)CC1. The van der Waals surface area contributed by atoms with Gasteiger partial charge in [0.15, 0.2) is 0 Å². The Morgan fingerprint density at radius 1 is 1.08 bits per heavy atom. The third-order valence-electron chi connectivity index (χ3n) is 5.28. The topological polar surface area (TPSA) is 57.7 Å². The molecule has 1 aromatic carbocycles. The van der Waals surface area contributed by atoms with Crippen LogP contribution >= 0.6 is 0 Å². The first-order valence-electron chi connectivity index (χ1n) is 8.92. The van der Waals surface area contributed by atoms with E-state index in [1.54, 1.807) is 0 Å². The van der Waals surface area contributed by atoms with Gasteiger partial charge in [-0.2, -0.15) is 4.31 Å². The average molecular weight is 368 g/mol. The van der Waals surface area contributed by atoms with Gasteiger partial charge in [0.25, 0.3) is 0 Å². The molecule has 2 saturated heterocycles. The average Bonchev–Trinajstić information content (AvgIpc) is 2.62. The summed E-state index contributed by atoms with van der Waals surface area (Å²) in [6.07, 6.45) is 3.41. The van der Waals surface area contributed by atoms with Gasteiger partial charge in [0.05, 0.1) is 10.8 Å². The van der Waals surface area contributed by atoms with Gasteiger partial charge in [0, 0.05) is 26.2 Å². The van der Waals surface area contributed by atoms with Crippen molar-refractivity contribution in [2.24, 2.45) is 11.8 Å². The quantitative estimate of drug-likeness (QED) is 0.824. The Balaban J connectivity index is 1.70. The Labute approximate surface area is 148 Å². The smallest absolute Gasteiger partial charge is 0.243 e. The van der Waals surface area contributed by atoms with Crippen LogP contribution in [-0.2, 0) is 14.8 Å². The fourth-order valence-electron chi connectivity index (χ4n) is 3.61. The molecule has 2 aliphatic rings. The standard InChI is InChI=1S/C18H25FN2O3S/c1-14-8-11-20(12-9-14)18(22)15-3-2-10-21(13-15)25(23,24)17-6-4-16(19)5-7-17/h4-7,14-15H,2-3,8-13H2,1H3. The van der Waals surface area contributed by atoms with Crippen LogP contribution in [0.2, 0.25) is 0 Å². The van der Waals surface area contributed by atoms with Gasteiger partial charge >= 0.3 is 0 Å². The molecule has 1 atom stereocenters. The van der Waals surface area contributed by atoms with E-state index in [9.17, 15) is 17.6 Å². The number of nitrogens with zero attached hydrogens (tertiary/aromatic N) is 2. The summed E-state index contributed by atoms with van der Waals surface area (Å²) < 4.78 is 40.0. The minimum Gasteiger partial charge on any atom is -0.342 e. The molecule has 1 amide bonds.